The van der Waals surface area contributed by atoms with Gasteiger partial charge in [0.25, 0.3) is 5.91 Å². The Balaban J connectivity index is 1.93. The highest BCUT2D eigenvalue weighted by atomic mass is 32.2. The fraction of sp³-hybridized carbons (Fsp3) is 0.417. The highest BCUT2D eigenvalue weighted by Crippen LogP contribution is 2.46. The van der Waals surface area contributed by atoms with Crippen molar-refractivity contribution in [3.05, 3.63) is 29.6 Å². The van der Waals surface area contributed by atoms with E-state index in [0.29, 0.717) is 17.8 Å². The molecule has 1 N–H and O–H groups in total. The number of carbonyl (C=O) groups is 1. The van der Waals surface area contributed by atoms with Gasteiger partial charge in [0, 0.05) is 17.5 Å². The molecular formula is C12H13N3OS. The molecule has 5 heteroatoms. The van der Waals surface area contributed by atoms with Crippen LogP contribution in [0.2, 0.25) is 0 Å². The second kappa shape index (κ2) is 4.76. The van der Waals surface area contributed by atoms with E-state index in [0.717, 1.165) is 12.8 Å². The molecule has 0 unspecified atom stereocenters. The largest absolute Gasteiger partial charge is 0.349 e. The van der Waals surface area contributed by atoms with Crippen LogP contribution in [0.25, 0.3) is 0 Å². The number of pyridine rings is 1. The Kier molecular flexibility index (Phi) is 3.34. The van der Waals surface area contributed by atoms with E-state index >= 15 is 0 Å². The second-order valence-electron chi connectivity index (χ2n) is 4.11. The number of nitrogens with one attached hydrogen (secondary N) is 1. The number of nitrogens with zero attached hydrogens (tertiary/aromatic N) is 2. The summed E-state index contributed by atoms with van der Waals surface area (Å²) in [5.41, 5.74) is 0.824. The average molecular weight is 247 g/mol. The van der Waals surface area contributed by atoms with Crippen LogP contribution in [0.3, 0.4) is 0 Å². The molecular weight excluding hydrogens is 234 g/mol. The van der Waals surface area contributed by atoms with Gasteiger partial charge >= 0.3 is 0 Å². The lowest BCUT2D eigenvalue weighted by Gasteiger charge is -2.12. The molecule has 2 rings (SSSR count). The van der Waals surface area contributed by atoms with Crippen molar-refractivity contribution in [1.29, 1.82) is 5.26 Å². The van der Waals surface area contributed by atoms with Crippen LogP contribution in [0.5, 0.6) is 0 Å². The minimum Gasteiger partial charge on any atom is -0.349 e. The van der Waals surface area contributed by atoms with Crippen molar-refractivity contribution in [3.63, 3.8) is 0 Å². The first kappa shape index (κ1) is 11.9. The van der Waals surface area contributed by atoms with Crippen molar-refractivity contribution in [2.75, 3.05) is 12.8 Å². The van der Waals surface area contributed by atoms with Crippen molar-refractivity contribution in [1.82, 2.24) is 10.3 Å². The summed E-state index contributed by atoms with van der Waals surface area (Å²) in [6.07, 6.45) is 5.81. The fourth-order valence-corrected chi connectivity index (χ4v) is 2.25. The quantitative estimate of drug-likeness (QED) is 0.877. The molecule has 0 aromatic carbocycles. The van der Waals surface area contributed by atoms with Gasteiger partial charge in [-0.2, -0.15) is 17.0 Å². The molecule has 1 amide bonds. The Labute approximate surface area is 104 Å². The van der Waals surface area contributed by atoms with Crippen molar-refractivity contribution in [2.45, 2.75) is 17.6 Å². The third-order valence-electron chi connectivity index (χ3n) is 2.94. The van der Waals surface area contributed by atoms with E-state index in [1.807, 2.05) is 6.07 Å². The first-order chi connectivity index (χ1) is 8.19. The maximum Gasteiger partial charge on any atom is 0.269 e. The molecule has 1 aromatic heterocycles. The lowest BCUT2D eigenvalue weighted by atomic mass is 10.2. The van der Waals surface area contributed by atoms with Crippen LogP contribution >= 0.6 is 11.8 Å². The van der Waals surface area contributed by atoms with Crippen LogP contribution in [0.15, 0.2) is 18.3 Å². The summed E-state index contributed by atoms with van der Waals surface area (Å²) >= 11 is 1.80. The number of hydrogen-bond donors (Lipinski definition) is 1. The number of amides is 1. The van der Waals surface area contributed by atoms with Gasteiger partial charge in [0.15, 0.2) is 0 Å². The summed E-state index contributed by atoms with van der Waals surface area (Å²) < 4.78 is 0.252. The zero-order valence-electron chi connectivity index (χ0n) is 9.56. The van der Waals surface area contributed by atoms with Gasteiger partial charge in [-0.25, -0.2) is 4.98 Å². The Morgan fingerprint density at radius 1 is 1.65 bits per heavy atom. The summed E-state index contributed by atoms with van der Waals surface area (Å²) in [7, 11) is 0. The summed E-state index contributed by atoms with van der Waals surface area (Å²) in [6, 6.07) is 5.15. The van der Waals surface area contributed by atoms with E-state index < -0.39 is 0 Å². The summed E-state index contributed by atoms with van der Waals surface area (Å²) in [4.78, 5) is 15.7. The zero-order chi connectivity index (χ0) is 12.3. The van der Waals surface area contributed by atoms with Gasteiger partial charge in [-0.3, -0.25) is 4.79 Å². The van der Waals surface area contributed by atoms with E-state index in [1.165, 1.54) is 6.20 Å². The van der Waals surface area contributed by atoms with Crippen LogP contribution in [0.1, 0.15) is 28.9 Å². The summed E-state index contributed by atoms with van der Waals surface area (Å²) in [5.74, 6) is -0.171. The van der Waals surface area contributed by atoms with Crippen LogP contribution in [-0.4, -0.2) is 28.4 Å². The van der Waals surface area contributed by atoms with E-state index in [4.69, 9.17) is 5.26 Å². The number of rotatable bonds is 4. The van der Waals surface area contributed by atoms with Crippen molar-refractivity contribution in [2.24, 2.45) is 0 Å². The molecule has 1 saturated carbocycles. The van der Waals surface area contributed by atoms with E-state index in [-0.39, 0.29) is 10.7 Å². The van der Waals surface area contributed by atoms with Gasteiger partial charge in [0.2, 0.25) is 0 Å². The molecule has 0 bridgehead atoms. The van der Waals surface area contributed by atoms with Crippen molar-refractivity contribution in [3.8, 4) is 6.07 Å². The van der Waals surface area contributed by atoms with Gasteiger partial charge in [-0.15, -0.1) is 0 Å². The number of thioether (sulfide) groups is 1. The fourth-order valence-electron chi connectivity index (χ4n) is 1.52. The maximum absolute atomic E-state index is 11.8. The second-order valence-corrected chi connectivity index (χ2v) is 5.39. The Hall–Kier alpha value is -1.54. The average Bonchev–Trinajstić information content (AvgIpc) is 3.17. The smallest absolute Gasteiger partial charge is 0.269 e. The topological polar surface area (TPSA) is 65.8 Å². The van der Waals surface area contributed by atoms with Gasteiger partial charge in [-0.1, -0.05) is 0 Å². The molecule has 17 heavy (non-hydrogen) atoms. The minimum atomic E-state index is -0.171. The Morgan fingerprint density at radius 3 is 2.88 bits per heavy atom. The first-order valence-corrected chi connectivity index (χ1v) is 6.61. The third kappa shape index (κ3) is 2.77. The SMILES string of the molecule is CSC1(CNC(=O)c2ccc(C#N)cn2)CC1. The lowest BCUT2D eigenvalue weighted by molar-refractivity contribution is 0.0948. The Morgan fingerprint density at radius 2 is 2.41 bits per heavy atom. The molecule has 0 saturated heterocycles. The normalized spacial score (nSPS) is 16.0. The number of hydrogen-bond acceptors (Lipinski definition) is 4. The standard InChI is InChI=1S/C12H13N3OS/c1-17-12(4-5-12)8-15-11(16)10-3-2-9(6-13)7-14-10/h2-3,7H,4-5,8H2,1H3,(H,15,16). The van der Waals surface area contributed by atoms with E-state index in [9.17, 15) is 4.79 Å². The molecule has 0 aliphatic heterocycles. The molecule has 1 aliphatic carbocycles. The van der Waals surface area contributed by atoms with Crippen molar-refractivity contribution < 1.29 is 4.79 Å². The van der Waals surface area contributed by atoms with Crippen LogP contribution in [-0.2, 0) is 0 Å². The first-order valence-electron chi connectivity index (χ1n) is 5.39. The van der Waals surface area contributed by atoms with Crippen LogP contribution < -0.4 is 5.32 Å². The molecule has 88 valence electrons. The van der Waals surface area contributed by atoms with Crippen LogP contribution in [0.4, 0.5) is 0 Å². The maximum atomic E-state index is 11.8. The van der Waals surface area contributed by atoms with Crippen LogP contribution in [0, 0.1) is 11.3 Å². The zero-order valence-corrected chi connectivity index (χ0v) is 10.4. The predicted molar refractivity (Wildman–Crippen MR) is 66.8 cm³/mol. The number of carbonyl (C=O) groups excluding carboxylic acids is 1. The minimum absolute atomic E-state index is 0.171. The highest BCUT2D eigenvalue weighted by Gasteiger charge is 2.41. The molecule has 1 fully saturated rings. The van der Waals surface area contributed by atoms with E-state index in [2.05, 4.69) is 16.6 Å². The predicted octanol–water partition coefficient (Wildman–Crippen LogP) is 1.58. The Bertz CT molecular complexity index is 460. The van der Waals surface area contributed by atoms with Crippen molar-refractivity contribution >= 4 is 17.7 Å². The van der Waals surface area contributed by atoms with Gasteiger partial charge in [-0.05, 0) is 31.2 Å². The molecule has 1 heterocycles. The monoisotopic (exact) mass is 247 g/mol. The summed E-state index contributed by atoms with van der Waals surface area (Å²) in [5, 5.41) is 11.5. The molecule has 0 atom stereocenters. The molecule has 0 radical (unpaired) electrons. The number of aromatic nitrogens is 1. The molecule has 1 aliphatic rings. The third-order valence-corrected chi connectivity index (χ3v) is 4.36. The van der Waals surface area contributed by atoms with Gasteiger partial charge in [0.05, 0.1) is 5.56 Å². The lowest BCUT2D eigenvalue weighted by Crippen LogP contribution is -2.32. The van der Waals surface area contributed by atoms with E-state index in [1.54, 1.807) is 23.9 Å². The summed E-state index contributed by atoms with van der Waals surface area (Å²) in [6.45, 7) is 0.689. The highest BCUT2D eigenvalue weighted by molar-refractivity contribution is 8.00. The molecule has 0 spiro atoms. The van der Waals surface area contributed by atoms with Gasteiger partial charge in [0.1, 0.15) is 11.8 Å². The molecule has 1 aromatic rings. The number of nitriles is 1. The molecule has 4 nitrogen and oxygen atoms in total. The van der Waals surface area contributed by atoms with Gasteiger partial charge < -0.3 is 5.32 Å².